The lowest BCUT2D eigenvalue weighted by atomic mass is 10.2. The molecule has 0 aliphatic carbocycles. The third-order valence-corrected chi connectivity index (χ3v) is 6.44. The van der Waals surface area contributed by atoms with Gasteiger partial charge >= 0.3 is 5.97 Å². The van der Waals surface area contributed by atoms with Crippen LogP contribution in [0, 0.1) is 12.7 Å². The van der Waals surface area contributed by atoms with E-state index in [4.69, 9.17) is 9.15 Å². The number of para-hydroxylation sites is 1. The van der Waals surface area contributed by atoms with E-state index in [0.29, 0.717) is 5.58 Å². The smallest absolute Gasteiger partial charge is 0.338 e. The molecule has 0 saturated carbocycles. The van der Waals surface area contributed by atoms with Crippen molar-refractivity contribution in [2.75, 3.05) is 11.3 Å². The second-order valence-electron chi connectivity index (χ2n) is 7.19. The predicted octanol–water partition coefficient (Wildman–Crippen LogP) is 4.72. The van der Waals surface area contributed by atoms with Gasteiger partial charge < -0.3 is 9.15 Å². The molecule has 4 rings (SSSR count). The van der Waals surface area contributed by atoms with Gasteiger partial charge in [0, 0.05) is 16.6 Å². The van der Waals surface area contributed by atoms with Crippen molar-refractivity contribution < 1.29 is 31.6 Å². The van der Waals surface area contributed by atoms with Crippen LogP contribution in [0.5, 0.6) is 0 Å². The number of carbonyl (C=O) groups is 2. The van der Waals surface area contributed by atoms with Crippen LogP contribution in [0.15, 0.2) is 82.1 Å². The molecule has 0 unspecified atom stereocenters. The van der Waals surface area contributed by atoms with Crippen molar-refractivity contribution in [3.8, 4) is 0 Å². The fraction of sp³-hybridized carbons (Fsp3) is 0.0833. The number of halogens is 1. The van der Waals surface area contributed by atoms with Crippen molar-refractivity contribution in [1.29, 1.82) is 0 Å². The SMILES string of the molecule is Cc1c(F)cccc1S(=O)(=O)Nc1ccc(C(=O)OCC(=O)c2cc3ccccc3o2)cc1. The molecule has 0 atom stereocenters. The van der Waals surface area contributed by atoms with Crippen LogP contribution in [-0.2, 0) is 14.8 Å². The van der Waals surface area contributed by atoms with Gasteiger partial charge in [-0.15, -0.1) is 0 Å². The minimum absolute atomic E-state index is 0.000631. The minimum Gasteiger partial charge on any atom is -0.454 e. The molecule has 9 heteroatoms. The van der Waals surface area contributed by atoms with Crippen molar-refractivity contribution in [2.45, 2.75) is 11.8 Å². The Labute approximate surface area is 188 Å². The third-order valence-electron chi connectivity index (χ3n) is 4.92. The standard InChI is InChI=1S/C24H18FNO6S/c1-15-19(25)6-4-8-23(15)33(29,30)26-18-11-9-16(10-12-18)24(28)31-14-20(27)22-13-17-5-2-3-7-21(17)32-22/h2-13,26H,14H2,1H3. The molecule has 0 aliphatic rings. The number of hydrogen-bond acceptors (Lipinski definition) is 6. The second kappa shape index (κ2) is 8.87. The average molecular weight is 467 g/mol. The van der Waals surface area contributed by atoms with Gasteiger partial charge in [-0.05, 0) is 55.5 Å². The van der Waals surface area contributed by atoms with Gasteiger partial charge in [0.1, 0.15) is 11.4 Å². The number of rotatable bonds is 7. The second-order valence-corrected chi connectivity index (χ2v) is 8.84. The van der Waals surface area contributed by atoms with E-state index in [2.05, 4.69) is 4.72 Å². The topological polar surface area (TPSA) is 103 Å². The number of carbonyl (C=O) groups excluding carboxylic acids is 2. The van der Waals surface area contributed by atoms with E-state index in [0.717, 1.165) is 5.39 Å². The summed E-state index contributed by atoms with van der Waals surface area (Å²) >= 11 is 0. The summed E-state index contributed by atoms with van der Waals surface area (Å²) in [5.74, 6) is -1.79. The fourth-order valence-electron chi connectivity index (χ4n) is 3.17. The molecule has 1 N–H and O–H groups in total. The van der Waals surface area contributed by atoms with Gasteiger partial charge in [0.25, 0.3) is 10.0 Å². The highest BCUT2D eigenvalue weighted by molar-refractivity contribution is 7.92. The predicted molar refractivity (Wildman–Crippen MR) is 119 cm³/mol. The van der Waals surface area contributed by atoms with Gasteiger partial charge in [-0.3, -0.25) is 9.52 Å². The van der Waals surface area contributed by atoms with E-state index in [1.807, 2.05) is 6.07 Å². The summed E-state index contributed by atoms with van der Waals surface area (Å²) in [4.78, 5) is 24.4. The van der Waals surface area contributed by atoms with Gasteiger partial charge in [-0.25, -0.2) is 17.6 Å². The molecule has 0 saturated heterocycles. The summed E-state index contributed by atoms with van der Waals surface area (Å²) < 4.78 is 51.7. The summed E-state index contributed by atoms with van der Waals surface area (Å²) in [7, 11) is -4.02. The molecule has 1 aromatic heterocycles. The highest BCUT2D eigenvalue weighted by Crippen LogP contribution is 2.22. The molecular formula is C24H18FNO6S. The van der Waals surface area contributed by atoms with Gasteiger partial charge in [-0.1, -0.05) is 24.3 Å². The Balaban J connectivity index is 1.39. The van der Waals surface area contributed by atoms with Crippen LogP contribution in [0.1, 0.15) is 26.5 Å². The highest BCUT2D eigenvalue weighted by Gasteiger charge is 2.20. The first-order valence-corrected chi connectivity index (χ1v) is 11.3. The van der Waals surface area contributed by atoms with Crippen LogP contribution in [-0.4, -0.2) is 26.8 Å². The first kappa shape index (κ1) is 22.2. The molecule has 3 aromatic carbocycles. The number of hydrogen-bond donors (Lipinski definition) is 1. The molecule has 7 nitrogen and oxygen atoms in total. The number of esters is 1. The maximum Gasteiger partial charge on any atom is 0.338 e. The Bertz CT molecular complexity index is 1430. The fourth-order valence-corrected chi connectivity index (χ4v) is 4.48. The number of ketones is 1. The first-order valence-electron chi connectivity index (χ1n) is 9.81. The molecule has 4 aromatic rings. The van der Waals surface area contributed by atoms with Gasteiger partial charge in [0.15, 0.2) is 12.4 Å². The number of fused-ring (bicyclic) bond motifs is 1. The molecular weight excluding hydrogens is 449 g/mol. The van der Waals surface area contributed by atoms with Crippen LogP contribution < -0.4 is 4.72 Å². The van der Waals surface area contributed by atoms with Gasteiger partial charge in [0.05, 0.1) is 10.5 Å². The van der Waals surface area contributed by atoms with E-state index < -0.39 is 34.2 Å². The summed E-state index contributed by atoms with van der Waals surface area (Å²) in [6, 6.07) is 17.9. The summed E-state index contributed by atoms with van der Waals surface area (Å²) in [5, 5.41) is 0.763. The number of furan rings is 1. The highest BCUT2D eigenvalue weighted by atomic mass is 32.2. The molecule has 0 bridgehead atoms. The maximum absolute atomic E-state index is 13.7. The maximum atomic E-state index is 13.7. The molecule has 0 aliphatic heterocycles. The summed E-state index contributed by atoms with van der Waals surface area (Å²) in [5.41, 5.74) is 0.851. The monoisotopic (exact) mass is 467 g/mol. The molecule has 33 heavy (non-hydrogen) atoms. The van der Waals surface area contributed by atoms with E-state index in [-0.39, 0.29) is 27.5 Å². The zero-order valence-electron chi connectivity index (χ0n) is 17.4. The Morgan fingerprint density at radius 1 is 1.00 bits per heavy atom. The lowest BCUT2D eigenvalue weighted by Gasteiger charge is -2.11. The van der Waals surface area contributed by atoms with E-state index in [1.165, 1.54) is 49.4 Å². The summed E-state index contributed by atoms with van der Waals surface area (Å²) in [6.45, 7) is 0.863. The van der Waals surface area contributed by atoms with Crippen molar-refractivity contribution in [3.63, 3.8) is 0 Å². The Kier molecular flexibility index (Phi) is 5.97. The van der Waals surface area contributed by atoms with E-state index in [1.54, 1.807) is 24.3 Å². The molecule has 1 heterocycles. The van der Waals surface area contributed by atoms with Gasteiger partial charge in [-0.2, -0.15) is 0 Å². The van der Waals surface area contributed by atoms with Crippen LogP contribution in [0.3, 0.4) is 0 Å². The van der Waals surface area contributed by atoms with Crippen LogP contribution >= 0.6 is 0 Å². The first-order chi connectivity index (χ1) is 15.7. The van der Waals surface area contributed by atoms with Crippen molar-refractivity contribution in [2.24, 2.45) is 0 Å². The minimum atomic E-state index is -4.02. The van der Waals surface area contributed by atoms with Crippen molar-refractivity contribution >= 4 is 38.4 Å². The number of nitrogens with one attached hydrogen (secondary N) is 1. The normalized spacial score (nSPS) is 11.3. The molecule has 168 valence electrons. The van der Waals surface area contributed by atoms with Crippen LogP contribution in [0.4, 0.5) is 10.1 Å². The van der Waals surface area contributed by atoms with Gasteiger partial charge in [0.2, 0.25) is 5.78 Å². The Morgan fingerprint density at radius 2 is 1.73 bits per heavy atom. The average Bonchev–Trinajstić information content (AvgIpc) is 3.23. The van der Waals surface area contributed by atoms with Crippen molar-refractivity contribution in [1.82, 2.24) is 0 Å². The van der Waals surface area contributed by atoms with E-state index >= 15 is 0 Å². The third kappa shape index (κ3) is 4.78. The van der Waals surface area contributed by atoms with Crippen LogP contribution in [0.2, 0.25) is 0 Å². The summed E-state index contributed by atoms with van der Waals surface area (Å²) in [6.07, 6.45) is 0. The zero-order chi connectivity index (χ0) is 23.6. The van der Waals surface area contributed by atoms with Crippen LogP contribution in [0.25, 0.3) is 11.0 Å². The Hall–Kier alpha value is -3.98. The lowest BCUT2D eigenvalue weighted by molar-refractivity contribution is 0.0468. The molecule has 0 spiro atoms. The number of sulfonamides is 1. The molecule has 0 radical (unpaired) electrons. The largest absolute Gasteiger partial charge is 0.454 e. The number of anilines is 1. The number of Topliss-reactive ketones (excluding diaryl/α,β-unsaturated/α-hetero) is 1. The quantitative estimate of drug-likeness (QED) is 0.312. The zero-order valence-corrected chi connectivity index (χ0v) is 18.2. The number of ether oxygens (including phenoxy) is 1. The van der Waals surface area contributed by atoms with E-state index in [9.17, 15) is 22.4 Å². The lowest BCUT2D eigenvalue weighted by Crippen LogP contribution is -2.15. The molecule has 0 fully saturated rings. The number of benzene rings is 3. The molecule has 0 amide bonds. The Morgan fingerprint density at radius 3 is 2.45 bits per heavy atom. The van der Waals surface area contributed by atoms with Crippen molar-refractivity contribution in [3.05, 3.63) is 95.5 Å².